The van der Waals surface area contributed by atoms with E-state index < -0.39 is 24.5 Å². The highest BCUT2D eigenvalue weighted by atomic mass is 19.1. The van der Waals surface area contributed by atoms with Crippen LogP contribution < -0.4 is 5.73 Å². The number of rotatable bonds is 6. The molecule has 1 aromatic rings. The summed E-state index contributed by atoms with van der Waals surface area (Å²) in [5.41, 5.74) is 7.42. The van der Waals surface area contributed by atoms with Gasteiger partial charge in [0.1, 0.15) is 5.82 Å². The molecule has 1 saturated carbocycles. The number of hydrogen-bond donors (Lipinski definition) is 4. The SMILES string of the molecule is NC1(c2cc3c(cc2F)CC(CCCB(O)O)[C@@H]3C(=O)O)CCC1. The lowest BCUT2D eigenvalue weighted by Crippen LogP contribution is -2.44. The van der Waals surface area contributed by atoms with E-state index in [9.17, 15) is 14.3 Å². The van der Waals surface area contributed by atoms with Gasteiger partial charge in [-0.1, -0.05) is 6.42 Å². The van der Waals surface area contributed by atoms with Crippen LogP contribution in [0.2, 0.25) is 6.32 Å². The number of carboxylic acid groups (broad SMARTS) is 1. The third-order valence-corrected chi connectivity index (χ3v) is 5.60. The molecule has 0 bridgehead atoms. The number of carboxylic acids is 1. The Balaban J connectivity index is 1.87. The summed E-state index contributed by atoms with van der Waals surface area (Å²) in [6.45, 7) is 0. The topological polar surface area (TPSA) is 104 Å². The summed E-state index contributed by atoms with van der Waals surface area (Å²) in [7, 11) is -1.38. The molecule has 0 aromatic heterocycles. The van der Waals surface area contributed by atoms with Crippen LogP contribution in [0.4, 0.5) is 4.39 Å². The van der Waals surface area contributed by atoms with E-state index in [1.807, 2.05) is 0 Å². The maximum Gasteiger partial charge on any atom is 0.451 e. The predicted octanol–water partition coefficient (Wildman–Crippen LogP) is 1.76. The van der Waals surface area contributed by atoms with Gasteiger partial charge in [-0.3, -0.25) is 4.79 Å². The summed E-state index contributed by atoms with van der Waals surface area (Å²) >= 11 is 0. The maximum absolute atomic E-state index is 14.5. The molecule has 2 aliphatic rings. The van der Waals surface area contributed by atoms with E-state index >= 15 is 0 Å². The van der Waals surface area contributed by atoms with Crippen molar-refractivity contribution >= 4 is 13.1 Å². The van der Waals surface area contributed by atoms with Crippen molar-refractivity contribution in [1.29, 1.82) is 0 Å². The van der Waals surface area contributed by atoms with Crippen molar-refractivity contribution in [2.45, 2.75) is 56.3 Å². The molecule has 0 aliphatic heterocycles. The van der Waals surface area contributed by atoms with E-state index in [0.717, 1.165) is 24.8 Å². The molecule has 2 atom stereocenters. The molecule has 1 unspecified atom stereocenters. The van der Waals surface area contributed by atoms with Gasteiger partial charge >= 0.3 is 13.1 Å². The van der Waals surface area contributed by atoms with Crippen molar-refractivity contribution in [3.05, 3.63) is 34.6 Å². The second-order valence-electron chi connectivity index (χ2n) is 7.23. The molecule has 1 fully saturated rings. The van der Waals surface area contributed by atoms with E-state index in [2.05, 4.69) is 0 Å². The first-order valence-electron chi connectivity index (χ1n) is 8.52. The van der Waals surface area contributed by atoms with Crippen molar-refractivity contribution in [3.63, 3.8) is 0 Å². The molecule has 0 heterocycles. The van der Waals surface area contributed by atoms with Crippen molar-refractivity contribution < 1.29 is 24.3 Å². The molecule has 0 radical (unpaired) electrons. The molecular formula is C17H23BFNO4. The zero-order valence-corrected chi connectivity index (χ0v) is 13.5. The lowest BCUT2D eigenvalue weighted by atomic mass is 9.71. The number of aliphatic carboxylic acids is 1. The van der Waals surface area contributed by atoms with Crippen LogP contribution in [-0.2, 0) is 16.8 Å². The maximum atomic E-state index is 14.5. The van der Waals surface area contributed by atoms with E-state index in [4.69, 9.17) is 15.8 Å². The number of nitrogens with two attached hydrogens (primary N) is 1. The minimum Gasteiger partial charge on any atom is -0.481 e. The van der Waals surface area contributed by atoms with E-state index in [-0.39, 0.29) is 18.1 Å². The number of halogens is 1. The largest absolute Gasteiger partial charge is 0.481 e. The standard InChI is InChI=1S/C17H23BFNO4/c19-14-8-11-7-10(3-1-6-18(23)24)15(16(21)22)12(11)9-13(14)17(20)4-2-5-17/h8-10,15,23-24H,1-7,20H2,(H,21,22)/t10?,15-/m0/s1. The molecule has 2 aliphatic carbocycles. The highest BCUT2D eigenvalue weighted by Gasteiger charge is 2.42. The van der Waals surface area contributed by atoms with Gasteiger partial charge in [0.15, 0.2) is 0 Å². The van der Waals surface area contributed by atoms with Crippen LogP contribution in [0.5, 0.6) is 0 Å². The van der Waals surface area contributed by atoms with Crippen LogP contribution in [0.3, 0.4) is 0 Å². The van der Waals surface area contributed by atoms with Gasteiger partial charge in [0.25, 0.3) is 0 Å². The molecule has 1 aromatic carbocycles. The van der Waals surface area contributed by atoms with Gasteiger partial charge in [0.2, 0.25) is 0 Å². The molecule has 0 amide bonds. The van der Waals surface area contributed by atoms with Crippen molar-refractivity contribution in [3.8, 4) is 0 Å². The fourth-order valence-corrected chi connectivity index (χ4v) is 4.13. The Labute approximate surface area is 140 Å². The Morgan fingerprint density at radius 2 is 2.08 bits per heavy atom. The minimum atomic E-state index is -1.38. The summed E-state index contributed by atoms with van der Waals surface area (Å²) in [6.07, 6.45) is 4.20. The molecule has 0 spiro atoms. The number of fused-ring (bicyclic) bond motifs is 1. The second kappa shape index (κ2) is 6.46. The van der Waals surface area contributed by atoms with Crippen molar-refractivity contribution in [1.82, 2.24) is 0 Å². The fraction of sp³-hybridized carbons (Fsp3) is 0.588. The number of carbonyl (C=O) groups is 1. The van der Waals surface area contributed by atoms with Crippen LogP contribution in [0.1, 0.15) is 54.7 Å². The van der Waals surface area contributed by atoms with Crippen LogP contribution in [0, 0.1) is 11.7 Å². The van der Waals surface area contributed by atoms with Crippen LogP contribution in [0.15, 0.2) is 12.1 Å². The van der Waals surface area contributed by atoms with E-state index in [1.54, 1.807) is 6.07 Å². The smallest absolute Gasteiger partial charge is 0.451 e. The third kappa shape index (κ3) is 3.08. The quantitative estimate of drug-likeness (QED) is 0.593. The first-order valence-corrected chi connectivity index (χ1v) is 8.52. The van der Waals surface area contributed by atoms with Crippen LogP contribution in [0.25, 0.3) is 0 Å². The van der Waals surface area contributed by atoms with Gasteiger partial charge in [-0.05, 0) is 67.6 Å². The van der Waals surface area contributed by atoms with Gasteiger partial charge in [0.05, 0.1) is 5.92 Å². The summed E-state index contributed by atoms with van der Waals surface area (Å²) in [5.74, 6) is -2.09. The predicted molar refractivity (Wildman–Crippen MR) is 87.9 cm³/mol. The fourth-order valence-electron chi connectivity index (χ4n) is 4.13. The number of hydrogen-bond acceptors (Lipinski definition) is 4. The zero-order valence-electron chi connectivity index (χ0n) is 13.5. The van der Waals surface area contributed by atoms with Crippen LogP contribution >= 0.6 is 0 Å². The van der Waals surface area contributed by atoms with Crippen LogP contribution in [-0.4, -0.2) is 28.2 Å². The highest BCUT2D eigenvalue weighted by molar-refractivity contribution is 6.40. The zero-order chi connectivity index (χ0) is 17.5. The summed E-state index contributed by atoms with van der Waals surface area (Å²) in [6, 6.07) is 3.12. The minimum absolute atomic E-state index is 0.152. The molecule has 24 heavy (non-hydrogen) atoms. The molecule has 130 valence electrons. The molecule has 5 N–H and O–H groups in total. The van der Waals surface area contributed by atoms with Gasteiger partial charge in [-0.2, -0.15) is 0 Å². The Morgan fingerprint density at radius 3 is 2.62 bits per heavy atom. The highest BCUT2D eigenvalue weighted by Crippen LogP contribution is 2.46. The normalized spacial score (nSPS) is 24.3. The monoisotopic (exact) mass is 335 g/mol. The van der Waals surface area contributed by atoms with E-state index in [1.165, 1.54) is 6.07 Å². The summed E-state index contributed by atoms with van der Waals surface area (Å²) < 4.78 is 14.5. The average Bonchev–Trinajstić information content (AvgIpc) is 2.80. The molecule has 3 rings (SSSR count). The Kier molecular flexibility index (Phi) is 4.68. The molecule has 5 nitrogen and oxygen atoms in total. The Morgan fingerprint density at radius 1 is 1.38 bits per heavy atom. The molecule has 0 saturated heterocycles. The molecule has 7 heteroatoms. The summed E-state index contributed by atoms with van der Waals surface area (Å²) in [4.78, 5) is 11.8. The lowest BCUT2D eigenvalue weighted by Gasteiger charge is -2.39. The molecular weight excluding hydrogens is 312 g/mol. The van der Waals surface area contributed by atoms with Gasteiger partial charge in [-0.25, -0.2) is 4.39 Å². The van der Waals surface area contributed by atoms with Gasteiger partial charge in [0, 0.05) is 11.1 Å². The van der Waals surface area contributed by atoms with Gasteiger partial charge in [-0.15, -0.1) is 0 Å². The van der Waals surface area contributed by atoms with Gasteiger partial charge < -0.3 is 20.9 Å². The van der Waals surface area contributed by atoms with E-state index in [0.29, 0.717) is 30.4 Å². The Hall–Kier alpha value is -1.44. The van der Waals surface area contributed by atoms with Crippen molar-refractivity contribution in [2.24, 2.45) is 11.7 Å². The first kappa shape index (κ1) is 17.4. The number of benzene rings is 1. The third-order valence-electron chi connectivity index (χ3n) is 5.60. The Bertz CT molecular complexity index is 648. The average molecular weight is 335 g/mol. The van der Waals surface area contributed by atoms with Crippen molar-refractivity contribution in [2.75, 3.05) is 0 Å². The second-order valence-corrected chi connectivity index (χ2v) is 7.23. The summed E-state index contributed by atoms with van der Waals surface area (Å²) in [5, 5.41) is 27.5. The lowest BCUT2D eigenvalue weighted by molar-refractivity contribution is -0.139. The first-order chi connectivity index (χ1) is 11.3.